The third-order valence-electron chi connectivity index (χ3n) is 3.48. The van der Waals surface area contributed by atoms with Crippen LogP contribution in [0.4, 0.5) is 9.52 Å². The summed E-state index contributed by atoms with van der Waals surface area (Å²) in [6.07, 6.45) is 1.18. The number of rotatable bonds is 9. The maximum absolute atomic E-state index is 13.6. The molecule has 1 aromatic heterocycles. The van der Waals surface area contributed by atoms with E-state index in [4.69, 9.17) is 50.0 Å². The van der Waals surface area contributed by atoms with Gasteiger partial charge in [0.1, 0.15) is 17.9 Å². The molecule has 0 spiro atoms. The van der Waals surface area contributed by atoms with Crippen LogP contribution in [0.15, 0.2) is 28.6 Å². The summed E-state index contributed by atoms with van der Waals surface area (Å²) in [5.41, 5.74) is 12.0. The zero-order valence-corrected chi connectivity index (χ0v) is 18.2. The number of nitrogens with zero attached hydrogens (tertiary/aromatic N) is 2. The van der Waals surface area contributed by atoms with Gasteiger partial charge in [0.2, 0.25) is 0 Å². The van der Waals surface area contributed by atoms with Crippen LogP contribution in [0.25, 0.3) is 5.70 Å². The number of thiazole rings is 1. The molecule has 0 aliphatic carbocycles. The molecule has 154 valence electrons. The summed E-state index contributed by atoms with van der Waals surface area (Å²) in [4.78, 5) is 4.71. The maximum atomic E-state index is 13.6. The van der Waals surface area contributed by atoms with Crippen molar-refractivity contribution in [3.8, 4) is 0 Å². The second-order valence-electron chi connectivity index (χ2n) is 5.59. The molecule has 2 atom stereocenters. The lowest BCUT2D eigenvalue weighted by Gasteiger charge is -2.25. The van der Waals surface area contributed by atoms with Crippen LogP contribution in [0.1, 0.15) is 12.6 Å². The number of nitrogens with two attached hydrogens (primary N) is 3. The number of hydrazine groups is 1. The lowest BCUT2D eigenvalue weighted by molar-refractivity contribution is -0.0330. The van der Waals surface area contributed by atoms with Gasteiger partial charge < -0.3 is 20.9 Å². The highest BCUT2D eigenvalue weighted by atomic mass is 35.5. The number of aromatic nitrogens is 1. The molecule has 1 unspecified atom stereocenters. The maximum Gasteiger partial charge on any atom is 0.180 e. The first-order chi connectivity index (χ1) is 13.2. The van der Waals surface area contributed by atoms with Gasteiger partial charge in [-0.25, -0.2) is 15.2 Å². The highest BCUT2D eigenvalue weighted by Gasteiger charge is 2.21. The number of thioether (sulfide) groups is 1. The van der Waals surface area contributed by atoms with Crippen LogP contribution in [-0.2, 0) is 9.47 Å². The van der Waals surface area contributed by atoms with E-state index in [9.17, 15) is 4.39 Å². The highest BCUT2D eigenvalue weighted by molar-refractivity contribution is 7.99. The van der Waals surface area contributed by atoms with Crippen molar-refractivity contribution in [3.63, 3.8) is 0 Å². The fourth-order valence-electron chi connectivity index (χ4n) is 1.97. The standard InChI is InChI=1S/C16H20Cl2FN5O2S2/c1-8(25-2)15(28-9-3-10(17)14(19)11(18)4-9)26-7-24(22)5-12(20)13-6-27-16(21)23-13/h3-6,8,15H,7,20,22H2,1-2H3,(H2,21,23)/b12-5-/t8-,15?/m0/s1. The van der Waals surface area contributed by atoms with Gasteiger partial charge in [0.15, 0.2) is 10.9 Å². The minimum atomic E-state index is -0.665. The monoisotopic (exact) mass is 467 g/mol. The van der Waals surface area contributed by atoms with E-state index in [-0.39, 0.29) is 22.9 Å². The van der Waals surface area contributed by atoms with E-state index in [2.05, 4.69) is 4.98 Å². The molecule has 12 heteroatoms. The van der Waals surface area contributed by atoms with Crippen molar-refractivity contribution in [2.24, 2.45) is 11.6 Å². The Morgan fingerprint density at radius 2 is 2.07 bits per heavy atom. The zero-order chi connectivity index (χ0) is 20.8. The van der Waals surface area contributed by atoms with Gasteiger partial charge in [-0.2, -0.15) is 0 Å². The smallest absolute Gasteiger partial charge is 0.180 e. The molecule has 2 rings (SSSR count). The fraction of sp³-hybridized carbons (Fsp3) is 0.312. The molecule has 0 saturated heterocycles. The van der Waals surface area contributed by atoms with Crippen LogP contribution < -0.4 is 17.3 Å². The van der Waals surface area contributed by atoms with E-state index >= 15 is 0 Å². The van der Waals surface area contributed by atoms with Crippen molar-refractivity contribution in [2.45, 2.75) is 23.4 Å². The van der Waals surface area contributed by atoms with Crippen molar-refractivity contribution in [1.29, 1.82) is 0 Å². The lowest BCUT2D eigenvalue weighted by atomic mass is 10.3. The molecule has 1 aromatic carbocycles. The quantitative estimate of drug-likeness (QED) is 0.168. The summed E-state index contributed by atoms with van der Waals surface area (Å²) in [5, 5.41) is 3.26. The highest BCUT2D eigenvalue weighted by Crippen LogP contribution is 2.34. The van der Waals surface area contributed by atoms with Gasteiger partial charge in [-0.05, 0) is 19.1 Å². The molecule has 1 heterocycles. The number of methoxy groups -OCH3 is 1. The fourth-order valence-corrected chi connectivity index (χ4v) is 4.23. The van der Waals surface area contributed by atoms with Gasteiger partial charge in [-0.1, -0.05) is 35.0 Å². The third-order valence-corrected chi connectivity index (χ3v) is 5.96. The van der Waals surface area contributed by atoms with Gasteiger partial charge >= 0.3 is 0 Å². The number of benzene rings is 1. The van der Waals surface area contributed by atoms with Crippen molar-refractivity contribution < 1.29 is 13.9 Å². The number of ether oxygens (including phenoxy) is 2. The van der Waals surface area contributed by atoms with Crippen LogP contribution in [-0.4, -0.2) is 35.4 Å². The first-order valence-corrected chi connectivity index (χ1v) is 10.4. The molecule has 0 saturated carbocycles. The average molecular weight is 468 g/mol. The topological polar surface area (TPSA) is 113 Å². The summed E-state index contributed by atoms with van der Waals surface area (Å²) in [5.74, 6) is 5.26. The Hall–Kier alpha value is -1.27. The van der Waals surface area contributed by atoms with Crippen LogP contribution in [0.3, 0.4) is 0 Å². The zero-order valence-electron chi connectivity index (χ0n) is 15.1. The Morgan fingerprint density at radius 1 is 1.43 bits per heavy atom. The minimum absolute atomic E-state index is 0.00828. The molecule has 0 fully saturated rings. The largest absolute Gasteiger partial charge is 0.396 e. The summed E-state index contributed by atoms with van der Waals surface area (Å²) >= 11 is 14.3. The Kier molecular flexibility index (Phi) is 8.62. The van der Waals surface area contributed by atoms with E-state index in [1.807, 2.05) is 6.92 Å². The minimum Gasteiger partial charge on any atom is -0.396 e. The number of halogens is 3. The third kappa shape index (κ3) is 6.38. The van der Waals surface area contributed by atoms with Crippen LogP contribution in [0.2, 0.25) is 10.0 Å². The molecular formula is C16H20Cl2FN5O2S2. The normalized spacial score (nSPS) is 14.1. The first-order valence-electron chi connectivity index (χ1n) is 7.86. The molecule has 0 aliphatic heterocycles. The molecule has 2 aromatic rings. The Labute approximate surface area is 180 Å². The molecule has 7 nitrogen and oxygen atoms in total. The molecule has 0 radical (unpaired) electrons. The number of hydrogen-bond donors (Lipinski definition) is 3. The second-order valence-corrected chi connectivity index (χ2v) is 8.47. The molecule has 28 heavy (non-hydrogen) atoms. The summed E-state index contributed by atoms with van der Waals surface area (Å²) in [7, 11) is 1.55. The van der Waals surface area contributed by atoms with Gasteiger partial charge in [0.25, 0.3) is 0 Å². The Morgan fingerprint density at radius 3 is 2.61 bits per heavy atom. The van der Waals surface area contributed by atoms with Crippen molar-refractivity contribution in [1.82, 2.24) is 9.99 Å². The number of nitrogen functional groups attached to an aromatic ring is 1. The van der Waals surface area contributed by atoms with E-state index in [0.29, 0.717) is 21.4 Å². The van der Waals surface area contributed by atoms with Crippen molar-refractivity contribution in [2.75, 3.05) is 19.6 Å². The predicted molar refractivity (Wildman–Crippen MR) is 113 cm³/mol. The summed E-state index contributed by atoms with van der Waals surface area (Å²) in [6, 6.07) is 2.94. The van der Waals surface area contributed by atoms with E-state index in [1.54, 1.807) is 12.5 Å². The molecule has 0 aliphatic rings. The molecular weight excluding hydrogens is 448 g/mol. The first kappa shape index (κ1) is 23.0. The molecule has 0 amide bonds. The van der Waals surface area contributed by atoms with E-state index in [1.165, 1.54) is 46.4 Å². The van der Waals surface area contributed by atoms with Crippen LogP contribution in [0, 0.1) is 5.82 Å². The Balaban J connectivity index is 2.04. The summed E-state index contributed by atoms with van der Waals surface area (Å²) in [6.45, 7) is 1.84. The van der Waals surface area contributed by atoms with E-state index in [0.717, 1.165) is 0 Å². The van der Waals surface area contributed by atoms with Crippen LogP contribution >= 0.6 is 46.3 Å². The van der Waals surface area contributed by atoms with Gasteiger partial charge in [0.05, 0.1) is 21.8 Å². The number of hydrogen-bond acceptors (Lipinski definition) is 9. The molecule has 6 N–H and O–H groups in total. The SMILES string of the molecule is CO[C@@H](C)C(OCN(N)/C=C(\N)c1csc(N)n1)Sc1cc(Cl)c(F)c(Cl)c1. The van der Waals surface area contributed by atoms with Gasteiger partial charge in [0, 0.05) is 23.6 Å². The van der Waals surface area contributed by atoms with Crippen molar-refractivity contribution in [3.05, 3.63) is 45.3 Å². The van der Waals surface area contributed by atoms with E-state index < -0.39 is 11.3 Å². The average Bonchev–Trinajstić information content (AvgIpc) is 3.08. The lowest BCUT2D eigenvalue weighted by Crippen LogP contribution is -2.34. The van der Waals surface area contributed by atoms with Gasteiger partial charge in [-0.15, -0.1) is 11.3 Å². The van der Waals surface area contributed by atoms with Crippen LogP contribution in [0.5, 0.6) is 0 Å². The Bertz CT molecular complexity index is 816. The number of anilines is 1. The van der Waals surface area contributed by atoms with Crippen molar-refractivity contribution >= 4 is 57.1 Å². The molecule has 0 bridgehead atoms. The second kappa shape index (κ2) is 10.5. The van der Waals surface area contributed by atoms with Gasteiger partial charge in [-0.3, -0.25) is 5.01 Å². The summed E-state index contributed by atoms with van der Waals surface area (Å²) < 4.78 is 24.8. The predicted octanol–water partition coefficient (Wildman–Crippen LogP) is 3.73.